The standard InChI is InChI=1S/C33H24ClN3O5/c1-19-7-6-8-20(2)30(19)35-18-26-29(25-17-22(34)13-16-27(25)38)28(21-11-14-24(15-12-21)37(41)42)32(39)36(31(26)33(35)40)23-9-4-3-5-10-23/h3-17,38H,18H2,1-2H3. The minimum Gasteiger partial charge on any atom is -0.507 e. The number of rotatable bonds is 5. The van der Waals surface area contributed by atoms with Crippen LogP contribution < -0.4 is 10.5 Å². The quantitative estimate of drug-likeness (QED) is 0.175. The lowest BCUT2D eigenvalue weighted by Crippen LogP contribution is -2.30. The van der Waals surface area contributed by atoms with Gasteiger partial charge in [-0.15, -0.1) is 0 Å². The van der Waals surface area contributed by atoms with Crippen LogP contribution in [0.25, 0.3) is 27.9 Å². The van der Waals surface area contributed by atoms with E-state index in [-0.39, 0.29) is 40.7 Å². The second-order valence-corrected chi connectivity index (χ2v) is 10.6. The third kappa shape index (κ3) is 4.33. The molecule has 0 unspecified atom stereocenters. The first-order valence-electron chi connectivity index (χ1n) is 13.2. The molecule has 208 valence electrons. The molecule has 0 atom stereocenters. The lowest BCUT2D eigenvalue weighted by Gasteiger charge is -2.21. The van der Waals surface area contributed by atoms with Gasteiger partial charge in [0.05, 0.1) is 22.7 Å². The Bertz CT molecular complexity index is 1950. The van der Waals surface area contributed by atoms with Gasteiger partial charge in [-0.1, -0.05) is 48.0 Å². The monoisotopic (exact) mass is 577 g/mol. The Hall–Kier alpha value is -5.21. The van der Waals surface area contributed by atoms with E-state index in [2.05, 4.69) is 0 Å². The van der Waals surface area contributed by atoms with Gasteiger partial charge in [-0.3, -0.25) is 24.3 Å². The van der Waals surface area contributed by atoms with Crippen LogP contribution in [0, 0.1) is 24.0 Å². The number of aromatic nitrogens is 1. The van der Waals surface area contributed by atoms with E-state index >= 15 is 0 Å². The molecular formula is C33H24ClN3O5. The molecule has 0 fully saturated rings. The number of para-hydroxylation sites is 2. The lowest BCUT2D eigenvalue weighted by atomic mass is 9.90. The average molecular weight is 578 g/mol. The number of halogens is 1. The fraction of sp³-hybridized carbons (Fsp3) is 0.0909. The zero-order valence-corrected chi connectivity index (χ0v) is 23.4. The summed E-state index contributed by atoms with van der Waals surface area (Å²) < 4.78 is 1.40. The van der Waals surface area contributed by atoms with Gasteiger partial charge in [0, 0.05) is 39.5 Å². The number of phenols is 1. The fourth-order valence-electron chi connectivity index (χ4n) is 5.72. The zero-order valence-electron chi connectivity index (χ0n) is 22.7. The first kappa shape index (κ1) is 27.0. The van der Waals surface area contributed by atoms with E-state index in [4.69, 9.17) is 11.6 Å². The Balaban J connectivity index is 1.76. The van der Waals surface area contributed by atoms with E-state index < -0.39 is 10.5 Å². The molecule has 1 N–H and O–H groups in total. The molecule has 0 bridgehead atoms. The Morgan fingerprint density at radius 2 is 1.52 bits per heavy atom. The number of aromatic hydroxyl groups is 1. The maximum Gasteiger partial charge on any atom is 0.276 e. The summed E-state index contributed by atoms with van der Waals surface area (Å²) in [6.45, 7) is 3.97. The number of nitrogens with zero attached hydrogens (tertiary/aromatic N) is 3. The van der Waals surface area contributed by atoms with Crippen LogP contribution in [0.4, 0.5) is 11.4 Å². The number of aryl methyl sites for hydroxylation is 2. The number of benzene rings is 4. The van der Waals surface area contributed by atoms with Crippen molar-refractivity contribution >= 4 is 28.9 Å². The highest BCUT2D eigenvalue weighted by Gasteiger charge is 2.38. The van der Waals surface area contributed by atoms with Crippen LogP contribution in [0.5, 0.6) is 5.75 Å². The Morgan fingerprint density at radius 3 is 2.17 bits per heavy atom. The highest BCUT2D eigenvalue weighted by Crippen LogP contribution is 2.45. The molecule has 5 aromatic rings. The average Bonchev–Trinajstić information content (AvgIpc) is 3.30. The molecule has 0 saturated heterocycles. The van der Waals surface area contributed by atoms with Crippen LogP contribution >= 0.6 is 11.6 Å². The Kier molecular flexibility index (Phi) is 6.63. The van der Waals surface area contributed by atoms with Crippen molar-refractivity contribution in [2.45, 2.75) is 20.4 Å². The summed E-state index contributed by atoms with van der Waals surface area (Å²) in [5.41, 5.74) is 4.27. The molecule has 4 aromatic carbocycles. The first-order chi connectivity index (χ1) is 20.2. The molecular weight excluding hydrogens is 554 g/mol. The predicted octanol–water partition coefficient (Wildman–Crippen LogP) is 7.22. The third-order valence-electron chi connectivity index (χ3n) is 7.56. The number of carbonyl (C=O) groups is 1. The SMILES string of the molecule is Cc1cccc(C)c1N1Cc2c(-c3cc(Cl)ccc3O)c(-c3ccc([N+](=O)[O-])cc3)c(=O)n(-c3ccccc3)c2C1=O. The summed E-state index contributed by atoms with van der Waals surface area (Å²) in [6.07, 6.45) is 0. The van der Waals surface area contributed by atoms with Crippen molar-refractivity contribution in [1.29, 1.82) is 0 Å². The molecule has 8 nitrogen and oxygen atoms in total. The molecule has 9 heteroatoms. The second kappa shape index (κ2) is 10.3. The van der Waals surface area contributed by atoms with Crippen LogP contribution in [0.2, 0.25) is 5.02 Å². The van der Waals surface area contributed by atoms with Crippen molar-refractivity contribution in [3.8, 4) is 33.7 Å². The van der Waals surface area contributed by atoms with E-state index in [1.165, 1.54) is 41.0 Å². The molecule has 6 rings (SSSR count). The summed E-state index contributed by atoms with van der Waals surface area (Å²) >= 11 is 6.39. The van der Waals surface area contributed by atoms with Gasteiger partial charge < -0.3 is 10.0 Å². The van der Waals surface area contributed by atoms with Crippen molar-refractivity contribution in [3.63, 3.8) is 0 Å². The fourth-order valence-corrected chi connectivity index (χ4v) is 5.89. The smallest absolute Gasteiger partial charge is 0.276 e. The molecule has 2 heterocycles. The molecule has 1 aliphatic rings. The molecule has 0 radical (unpaired) electrons. The lowest BCUT2D eigenvalue weighted by molar-refractivity contribution is -0.384. The van der Waals surface area contributed by atoms with Crippen molar-refractivity contribution < 1.29 is 14.8 Å². The number of non-ortho nitro benzene ring substituents is 1. The highest BCUT2D eigenvalue weighted by molar-refractivity contribution is 6.31. The summed E-state index contributed by atoms with van der Waals surface area (Å²) in [5, 5.41) is 22.8. The Labute approximate surface area is 245 Å². The van der Waals surface area contributed by atoms with Gasteiger partial charge in [0.15, 0.2) is 0 Å². The van der Waals surface area contributed by atoms with Crippen LogP contribution in [-0.4, -0.2) is 20.5 Å². The first-order valence-corrected chi connectivity index (χ1v) is 13.5. The third-order valence-corrected chi connectivity index (χ3v) is 7.80. The van der Waals surface area contributed by atoms with Gasteiger partial charge in [-0.2, -0.15) is 0 Å². The van der Waals surface area contributed by atoms with Crippen molar-refractivity contribution in [2.75, 3.05) is 4.90 Å². The summed E-state index contributed by atoms with van der Waals surface area (Å²) in [7, 11) is 0. The van der Waals surface area contributed by atoms with E-state index in [9.17, 15) is 24.8 Å². The summed E-state index contributed by atoms with van der Waals surface area (Å²) in [6, 6.07) is 24.8. The van der Waals surface area contributed by atoms with Crippen LogP contribution in [0.1, 0.15) is 27.2 Å². The minimum atomic E-state index is -0.514. The maximum absolute atomic E-state index is 14.6. The number of nitro benzene ring substituents is 1. The van der Waals surface area contributed by atoms with Crippen LogP contribution in [0.15, 0.2) is 95.8 Å². The molecule has 0 saturated carbocycles. The Morgan fingerprint density at radius 1 is 0.857 bits per heavy atom. The number of fused-ring (bicyclic) bond motifs is 1. The van der Waals surface area contributed by atoms with Gasteiger partial charge in [0.2, 0.25) is 0 Å². The minimum absolute atomic E-state index is 0.119. The predicted molar refractivity (Wildman–Crippen MR) is 163 cm³/mol. The number of hydrogen-bond donors (Lipinski definition) is 1. The van der Waals surface area contributed by atoms with Crippen LogP contribution in [0.3, 0.4) is 0 Å². The molecule has 1 aliphatic heterocycles. The number of phenolic OH excluding ortho intramolecular Hbond substituents is 1. The normalized spacial score (nSPS) is 12.5. The molecule has 1 aromatic heterocycles. The summed E-state index contributed by atoms with van der Waals surface area (Å²) in [4.78, 5) is 41.5. The van der Waals surface area contributed by atoms with Gasteiger partial charge >= 0.3 is 0 Å². The zero-order chi connectivity index (χ0) is 29.7. The number of hydrogen-bond acceptors (Lipinski definition) is 5. The summed E-state index contributed by atoms with van der Waals surface area (Å²) in [5.74, 6) is -0.485. The van der Waals surface area contributed by atoms with E-state index in [0.29, 0.717) is 27.4 Å². The number of pyridine rings is 1. The molecule has 0 spiro atoms. The number of carbonyl (C=O) groups excluding carboxylic acids is 1. The van der Waals surface area contributed by atoms with E-state index in [1.54, 1.807) is 35.2 Å². The second-order valence-electron chi connectivity index (χ2n) is 10.2. The number of nitro groups is 1. The maximum atomic E-state index is 14.6. The molecule has 0 aliphatic carbocycles. The van der Waals surface area contributed by atoms with Crippen molar-refractivity contribution in [3.05, 3.63) is 139 Å². The number of anilines is 1. The van der Waals surface area contributed by atoms with Gasteiger partial charge in [0.1, 0.15) is 11.4 Å². The largest absolute Gasteiger partial charge is 0.507 e. The van der Waals surface area contributed by atoms with E-state index in [0.717, 1.165) is 16.8 Å². The van der Waals surface area contributed by atoms with Gasteiger partial charge in [0.25, 0.3) is 17.2 Å². The van der Waals surface area contributed by atoms with Crippen LogP contribution in [-0.2, 0) is 6.54 Å². The van der Waals surface area contributed by atoms with Crippen molar-refractivity contribution in [2.24, 2.45) is 0 Å². The molecule has 1 amide bonds. The molecule has 42 heavy (non-hydrogen) atoms. The number of amides is 1. The van der Waals surface area contributed by atoms with Crippen molar-refractivity contribution in [1.82, 2.24) is 4.57 Å². The topological polar surface area (TPSA) is 106 Å². The highest BCUT2D eigenvalue weighted by atomic mass is 35.5. The van der Waals surface area contributed by atoms with Gasteiger partial charge in [-0.05, 0) is 73.0 Å². The van der Waals surface area contributed by atoms with Gasteiger partial charge in [-0.25, -0.2) is 0 Å². The van der Waals surface area contributed by atoms with E-state index in [1.807, 2.05) is 38.1 Å².